The number of carboxylic acids is 1. The maximum atomic E-state index is 11.3. The molecule has 1 aromatic heterocycles. The van der Waals surface area contributed by atoms with Gasteiger partial charge in [-0.15, -0.1) is 0 Å². The first-order chi connectivity index (χ1) is 9.09. The Kier molecular flexibility index (Phi) is 4.37. The van der Waals surface area contributed by atoms with Gasteiger partial charge >= 0.3 is 5.97 Å². The van der Waals surface area contributed by atoms with Gasteiger partial charge in [0.05, 0.1) is 0 Å². The molecular weight excluding hydrogens is 242 g/mol. The second-order valence-electron chi connectivity index (χ2n) is 5.10. The summed E-state index contributed by atoms with van der Waals surface area (Å²) in [6, 6.07) is 1.74. The molecule has 1 N–H and O–H groups in total. The van der Waals surface area contributed by atoms with Crippen LogP contribution in [0.4, 0.5) is 5.82 Å². The van der Waals surface area contributed by atoms with E-state index >= 15 is 0 Å². The van der Waals surface area contributed by atoms with Gasteiger partial charge in [0.15, 0.2) is 0 Å². The molecule has 0 atom stereocenters. The summed E-state index contributed by atoms with van der Waals surface area (Å²) in [5, 5.41) is 9.30. The molecule has 0 amide bonds. The van der Waals surface area contributed by atoms with Crippen LogP contribution in [-0.4, -0.2) is 54.2 Å². The number of hydrogen-bond donors (Lipinski definition) is 1. The summed E-state index contributed by atoms with van der Waals surface area (Å²) < 4.78 is 0. The highest BCUT2D eigenvalue weighted by Crippen LogP contribution is 2.20. The van der Waals surface area contributed by atoms with Crippen LogP contribution in [0.5, 0.6) is 0 Å². The van der Waals surface area contributed by atoms with Gasteiger partial charge in [0.1, 0.15) is 11.4 Å². The fraction of sp³-hybridized carbons (Fsp3) is 0.571. The predicted molar refractivity (Wildman–Crippen MR) is 74.9 cm³/mol. The number of aromatic carboxylic acids is 1. The van der Waals surface area contributed by atoms with Crippen molar-refractivity contribution >= 4 is 11.8 Å². The zero-order valence-corrected chi connectivity index (χ0v) is 11.6. The molecule has 0 aromatic carbocycles. The minimum absolute atomic E-state index is 0.312. The van der Waals surface area contributed by atoms with E-state index in [4.69, 9.17) is 0 Å². The molecule has 104 valence electrons. The minimum atomic E-state index is -0.909. The number of aryl methyl sites for hydroxylation is 1. The van der Waals surface area contributed by atoms with E-state index in [1.54, 1.807) is 12.3 Å². The molecule has 5 heteroatoms. The highest BCUT2D eigenvalue weighted by molar-refractivity contribution is 5.94. The molecule has 0 aliphatic carbocycles. The fourth-order valence-corrected chi connectivity index (χ4v) is 2.50. The van der Waals surface area contributed by atoms with Crippen LogP contribution in [-0.2, 0) is 0 Å². The lowest BCUT2D eigenvalue weighted by Crippen LogP contribution is -2.32. The van der Waals surface area contributed by atoms with Crippen molar-refractivity contribution in [2.75, 3.05) is 38.1 Å². The van der Waals surface area contributed by atoms with Gasteiger partial charge in [0.25, 0.3) is 0 Å². The molecule has 2 heterocycles. The lowest BCUT2D eigenvalue weighted by Gasteiger charge is -2.23. The number of carboxylic acid groups (broad SMARTS) is 1. The summed E-state index contributed by atoms with van der Waals surface area (Å²) in [7, 11) is 1.91. The van der Waals surface area contributed by atoms with Crippen molar-refractivity contribution in [3.63, 3.8) is 0 Å². The van der Waals surface area contributed by atoms with Gasteiger partial charge in [-0.3, -0.25) is 0 Å². The first-order valence-corrected chi connectivity index (χ1v) is 6.72. The first-order valence-electron chi connectivity index (χ1n) is 6.72. The maximum Gasteiger partial charge on any atom is 0.339 e. The maximum absolute atomic E-state index is 11.3. The quantitative estimate of drug-likeness (QED) is 0.875. The Morgan fingerprint density at radius 2 is 2.16 bits per heavy atom. The Morgan fingerprint density at radius 1 is 1.47 bits per heavy atom. The Hall–Kier alpha value is -1.62. The van der Waals surface area contributed by atoms with Crippen LogP contribution in [0.2, 0.25) is 0 Å². The van der Waals surface area contributed by atoms with Crippen LogP contribution in [0.1, 0.15) is 28.8 Å². The van der Waals surface area contributed by atoms with Crippen molar-refractivity contribution in [2.45, 2.75) is 19.8 Å². The van der Waals surface area contributed by atoms with Crippen LogP contribution in [0, 0.1) is 6.92 Å². The number of carbonyl (C=O) groups is 1. The SMILES string of the molecule is Cc1ccnc(N(C)CCN2CCCC2)c1C(=O)O. The minimum Gasteiger partial charge on any atom is -0.478 e. The summed E-state index contributed by atoms with van der Waals surface area (Å²) in [5.41, 5.74) is 1.07. The van der Waals surface area contributed by atoms with Crippen LogP contribution in [0.15, 0.2) is 12.3 Å². The van der Waals surface area contributed by atoms with Gasteiger partial charge in [-0.25, -0.2) is 9.78 Å². The van der Waals surface area contributed by atoms with Crippen LogP contribution in [0.3, 0.4) is 0 Å². The largest absolute Gasteiger partial charge is 0.478 e. The third-order valence-corrected chi connectivity index (χ3v) is 3.67. The van der Waals surface area contributed by atoms with E-state index in [9.17, 15) is 9.90 Å². The molecule has 0 bridgehead atoms. The van der Waals surface area contributed by atoms with E-state index in [1.165, 1.54) is 12.8 Å². The zero-order valence-electron chi connectivity index (χ0n) is 11.6. The van der Waals surface area contributed by atoms with Crippen molar-refractivity contribution in [3.05, 3.63) is 23.4 Å². The molecule has 0 saturated carbocycles. The van der Waals surface area contributed by atoms with E-state index in [1.807, 2.05) is 18.9 Å². The van der Waals surface area contributed by atoms with Crippen molar-refractivity contribution in [2.24, 2.45) is 0 Å². The van der Waals surface area contributed by atoms with E-state index in [-0.39, 0.29) is 0 Å². The Balaban J connectivity index is 2.07. The number of rotatable bonds is 5. The molecule has 2 rings (SSSR count). The molecule has 1 aromatic rings. The highest BCUT2D eigenvalue weighted by atomic mass is 16.4. The Labute approximate surface area is 113 Å². The fourth-order valence-electron chi connectivity index (χ4n) is 2.50. The van der Waals surface area contributed by atoms with Gasteiger partial charge in [-0.05, 0) is 44.5 Å². The Bertz CT molecular complexity index is 456. The standard InChI is InChI=1S/C14H21N3O2/c1-11-5-6-15-13(12(11)14(18)19)16(2)9-10-17-7-3-4-8-17/h5-6H,3-4,7-10H2,1-2H3,(H,18,19). The molecule has 5 nitrogen and oxygen atoms in total. The number of nitrogens with zero attached hydrogens (tertiary/aromatic N) is 3. The summed E-state index contributed by atoms with van der Waals surface area (Å²) in [5.74, 6) is -0.347. The average Bonchev–Trinajstić information content (AvgIpc) is 2.88. The van der Waals surface area contributed by atoms with Gasteiger partial charge in [-0.2, -0.15) is 0 Å². The molecule has 1 aliphatic rings. The summed E-state index contributed by atoms with van der Waals surface area (Å²) in [6.07, 6.45) is 4.21. The van der Waals surface area contributed by atoms with Crippen LogP contribution >= 0.6 is 0 Å². The Morgan fingerprint density at radius 3 is 2.79 bits per heavy atom. The monoisotopic (exact) mass is 263 g/mol. The van der Waals surface area contributed by atoms with Gasteiger partial charge in [0, 0.05) is 26.3 Å². The van der Waals surface area contributed by atoms with Gasteiger partial charge in [0.2, 0.25) is 0 Å². The number of hydrogen-bond acceptors (Lipinski definition) is 4. The van der Waals surface area contributed by atoms with Crippen LogP contribution in [0.25, 0.3) is 0 Å². The van der Waals surface area contributed by atoms with Crippen molar-refractivity contribution in [3.8, 4) is 0 Å². The van der Waals surface area contributed by atoms with E-state index in [0.717, 1.165) is 31.7 Å². The zero-order chi connectivity index (χ0) is 13.8. The number of anilines is 1. The lowest BCUT2D eigenvalue weighted by molar-refractivity contribution is 0.0696. The van der Waals surface area contributed by atoms with Gasteiger partial charge in [-0.1, -0.05) is 0 Å². The van der Waals surface area contributed by atoms with Crippen molar-refractivity contribution < 1.29 is 9.90 Å². The van der Waals surface area contributed by atoms with E-state index in [2.05, 4.69) is 9.88 Å². The molecule has 19 heavy (non-hydrogen) atoms. The number of likely N-dealkylation sites (tertiary alicyclic amines) is 1. The van der Waals surface area contributed by atoms with Crippen molar-refractivity contribution in [1.82, 2.24) is 9.88 Å². The highest BCUT2D eigenvalue weighted by Gasteiger charge is 2.18. The van der Waals surface area contributed by atoms with Gasteiger partial charge < -0.3 is 14.9 Å². The summed E-state index contributed by atoms with van der Waals surface area (Å²) in [6.45, 7) is 5.88. The molecule has 0 spiro atoms. The number of likely N-dealkylation sites (N-methyl/N-ethyl adjacent to an activating group) is 1. The van der Waals surface area contributed by atoms with Crippen LogP contribution < -0.4 is 4.90 Å². The summed E-state index contributed by atoms with van der Waals surface area (Å²) >= 11 is 0. The third kappa shape index (κ3) is 3.23. The third-order valence-electron chi connectivity index (χ3n) is 3.67. The molecular formula is C14H21N3O2. The number of pyridine rings is 1. The van der Waals surface area contributed by atoms with E-state index < -0.39 is 5.97 Å². The topological polar surface area (TPSA) is 56.7 Å². The number of aromatic nitrogens is 1. The van der Waals surface area contributed by atoms with E-state index in [0.29, 0.717) is 11.4 Å². The molecule has 1 fully saturated rings. The molecule has 0 unspecified atom stereocenters. The molecule has 1 aliphatic heterocycles. The smallest absolute Gasteiger partial charge is 0.339 e. The molecule has 0 radical (unpaired) electrons. The normalized spacial score (nSPS) is 15.7. The predicted octanol–water partition coefficient (Wildman–Crippen LogP) is 1.62. The second kappa shape index (κ2) is 6.02. The van der Waals surface area contributed by atoms with Crippen molar-refractivity contribution in [1.29, 1.82) is 0 Å². The molecule has 1 saturated heterocycles. The average molecular weight is 263 g/mol. The summed E-state index contributed by atoms with van der Waals surface area (Å²) in [4.78, 5) is 19.9. The first kappa shape index (κ1) is 13.8. The second-order valence-corrected chi connectivity index (χ2v) is 5.10. The lowest BCUT2D eigenvalue weighted by atomic mass is 10.1.